The summed E-state index contributed by atoms with van der Waals surface area (Å²) in [7, 11) is 0. The molecule has 0 fully saturated rings. The number of aromatic amines is 1. The molecule has 2 N–H and O–H groups in total. The molecule has 2 atom stereocenters. The van der Waals surface area contributed by atoms with Crippen LogP contribution in [0, 0.1) is 12.8 Å². The van der Waals surface area contributed by atoms with E-state index in [0.717, 1.165) is 39.2 Å². The summed E-state index contributed by atoms with van der Waals surface area (Å²) in [5.41, 5.74) is 2.27. The van der Waals surface area contributed by atoms with Crippen LogP contribution in [-0.4, -0.2) is 9.97 Å². The SMILES string of the molecule is CC[C@@H](C)Cc1c(C)sc2nc(CN[C@@H](C)c3ccc(Cl)cc3)[nH]c(=O)c12. The number of benzene rings is 1. The minimum absolute atomic E-state index is 0.0291. The molecule has 0 aliphatic rings. The van der Waals surface area contributed by atoms with Crippen LogP contribution >= 0.6 is 22.9 Å². The zero-order valence-electron chi connectivity index (χ0n) is 16.2. The van der Waals surface area contributed by atoms with Crippen molar-refractivity contribution < 1.29 is 0 Å². The first-order valence-corrected chi connectivity index (χ1v) is 10.6. The fourth-order valence-corrected chi connectivity index (χ4v) is 4.36. The molecule has 0 spiro atoms. The Bertz CT molecular complexity index is 977. The molecule has 0 saturated heterocycles. The van der Waals surface area contributed by atoms with Crippen molar-refractivity contribution in [3.8, 4) is 0 Å². The summed E-state index contributed by atoms with van der Waals surface area (Å²) in [6, 6.07) is 7.91. The summed E-state index contributed by atoms with van der Waals surface area (Å²) in [6.45, 7) is 9.08. The summed E-state index contributed by atoms with van der Waals surface area (Å²) < 4.78 is 0. The number of nitrogens with zero attached hydrogens (tertiary/aromatic N) is 1. The third-order valence-corrected chi connectivity index (χ3v) is 6.40. The Kier molecular flexibility index (Phi) is 6.35. The van der Waals surface area contributed by atoms with Crippen LogP contribution in [0.25, 0.3) is 10.2 Å². The Morgan fingerprint density at radius 2 is 1.96 bits per heavy atom. The molecule has 3 rings (SSSR count). The van der Waals surface area contributed by atoms with Gasteiger partial charge in [0.15, 0.2) is 0 Å². The number of aryl methyl sites for hydroxylation is 1. The molecule has 1 aromatic carbocycles. The van der Waals surface area contributed by atoms with E-state index in [-0.39, 0.29) is 11.6 Å². The molecule has 0 saturated carbocycles. The number of rotatable bonds is 7. The molecule has 3 aromatic rings. The average Bonchev–Trinajstić information content (AvgIpc) is 2.95. The van der Waals surface area contributed by atoms with Crippen LogP contribution in [0.4, 0.5) is 0 Å². The second-order valence-corrected chi connectivity index (χ2v) is 8.84. The Labute approximate surface area is 169 Å². The minimum Gasteiger partial charge on any atom is -0.309 e. The quantitative estimate of drug-likeness (QED) is 0.556. The van der Waals surface area contributed by atoms with Crippen molar-refractivity contribution in [3.05, 3.63) is 61.5 Å². The third-order valence-electron chi connectivity index (χ3n) is 5.11. The van der Waals surface area contributed by atoms with Gasteiger partial charge in [0.2, 0.25) is 0 Å². The average molecular weight is 404 g/mol. The van der Waals surface area contributed by atoms with Crippen LogP contribution in [0.5, 0.6) is 0 Å². The van der Waals surface area contributed by atoms with E-state index in [1.54, 1.807) is 11.3 Å². The van der Waals surface area contributed by atoms with Crippen LogP contribution in [-0.2, 0) is 13.0 Å². The lowest BCUT2D eigenvalue weighted by Crippen LogP contribution is -2.22. The van der Waals surface area contributed by atoms with Crippen molar-refractivity contribution in [2.75, 3.05) is 0 Å². The number of aromatic nitrogens is 2. The van der Waals surface area contributed by atoms with Gasteiger partial charge in [-0.3, -0.25) is 4.79 Å². The molecule has 0 radical (unpaired) electrons. The maximum Gasteiger partial charge on any atom is 0.259 e. The first-order chi connectivity index (χ1) is 12.9. The second kappa shape index (κ2) is 8.55. The van der Waals surface area contributed by atoms with E-state index >= 15 is 0 Å². The molecular weight excluding hydrogens is 378 g/mol. The number of thiophene rings is 1. The summed E-state index contributed by atoms with van der Waals surface area (Å²) in [6.07, 6.45) is 2.03. The van der Waals surface area contributed by atoms with Crippen LogP contribution < -0.4 is 10.9 Å². The standard InChI is InChI=1S/C21H26ClN3OS/c1-5-12(2)10-17-14(4)27-21-19(17)20(26)24-18(25-21)11-23-13(3)15-6-8-16(22)9-7-15/h6-9,12-13,23H,5,10-11H2,1-4H3,(H,24,25,26)/t12-,13+/m1/s1. The predicted octanol–water partition coefficient (Wildman–Crippen LogP) is 5.39. The van der Waals surface area contributed by atoms with E-state index in [1.165, 1.54) is 4.88 Å². The van der Waals surface area contributed by atoms with Crippen molar-refractivity contribution in [1.82, 2.24) is 15.3 Å². The topological polar surface area (TPSA) is 57.8 Å². The van der Waals surface area contributed by atoms with Crippen LogP contribution in [0.1, 0.15) is 55.1 Å². The molecule has 0 unspecified atom stereocenters. The van der Waals surface area contributed by atoms with Gasteiger partial charge >= 0.3 is 0 Å². The van der Waals surface area contributed by atoms with E-state index in [4.69, 9.17) is 16.6 Å². The first-order valence-electron chi connectivity index (χ1n) is 9.39. The van der Waals surface area contributed by atoms with Crippen molar-refractivity contribution in [1.29, 1.82) is 0 Å². The lowest BCUT2D eigenvalue weighted by atomic mass is 9.98. The van der Waals surface area contributed by atoms with Crippen LogP contribution in [0.15, 0.2) is 29.1 Å². The van der Waals surface area contributed by atoms with Gasteiger partial charge in [-0.1, -0.05) is 44.0 Å². The molecule has 2 heterocycles. The van der Waals surface area contributed by atoms with Gasteiger partial charge in [-0.2, -0.15) is 0 Å². The summed E-state index contributed by atoms with van der Waals surface area (Å²) in [5.74, 6) is 1.23. The zero-order chi connectivity index (χ0) is 19.6. The van der Waals surface area contributed by atoms with Gasteiger partial charge in [-0.15, -0.1) is 11.3 Å². The normalized spacial score (nSPS) is 13.8. The van der Waals surface area contributed by atoms with E-state index in [9.17, 15) is 4.79 Å². The minimum atomic E-state index is -0.0291. The summed E-state index contributed by atoms with van der Waals surface area (Å²) in [5, 5.41) is 4.91. The maximum absolute atomic E-state index is 12.7. The van der Waals surface area contributed by atoms with Gasteiger partial charge in [-0.05, 0) is 49.4 Å². The highest BCUT2D eigenvalue weighted by Gasteiger charge is 2.17. The third kappa shape index (κ3) is 4.60. The van der Waals surface area contributed by atoms with Crippen molar-refractivity contribution in [3.63, 3.8) is 0 Å². The second-order valence-electron chi connectivity index (χ2n) is 7.20. The van der Waals surface area contributed by atoms with Crippen LogP contribution in [0.3, 0.4) is 0 Å². The molecule has 4 nitrogen and oxygen atoms in total. The van der Waals surface area contributed by atoms with E-state index < -0.39 is 0 Å². The first kappa shape index (κ1) is 20.1. The molecule has 0 amide bonds. The highest BCUT2D eigenvalue weighted by atomic mass is 35.5. The largest absolute Gasteiger partial charge is 0.309 e. The number of H-pyrrole nitrogens is 1. The number of hydrogen-bond acceptors (Lipinski definition) is 4. The number of hydrogen-bond donors (Lipinski definition) is 2. The Balaban J connectivity index is 1.80. The summed E-state index contributed by atoms with van der Waals surface area (Å²) >= 11 is 7.57. The van der Waals surface area contributed by atoms with E-state index in [0.29, 0.717) is 18.3 Å². The summed E-state index contributed by atoms with van der Waals surface area (Å²) in [4.78, 5) is 22.4. The smallest absolute Gasteiger partial charge is 0.259 e. The Hall–Kier alpha value is -1.69. The van der Waals surface area contributed by atoms with Gasteiger partial charge in [0.25, 0.3) is 5.56 Å². The van der Waals surface area contributed by atoms with Crippen molar-refractivity contribution in [2.24, 2.45) is 5.92 Å². The lowest BCUT2D eigenvalue weighted by Gasteiger charge is -2.14. The predicted molar refractivity (Wildman–Crippen MR) is 115 cm³/mol. The molecule has 6 heteroatoms. The van der Waals surface area contributed by atoms with Crippen molar-refractivity contribution >= 4 is 33.2 Å². The van der Waals surface area contributed by atoms with Crippen molar-refractivity contribution in [2.45, 2.75) is 53.1 Å². The molecule has 2 aromatic heterocycles. The molecule has 27 heavy (non-hydrogen) atoms. The van der Waals surface area contributed by atoms with Crippen LogP contribution in [0.2, 0.25) is 5.02 Å². The Morgan fingerprint density at radius 1 is 1.26 bits per heavy atom. The molecule has 0 aliphatic heterocycles. The fourth-order valence-electron chi connectivity index (χ4n) is 3.16. The van der Waals surface area contributed by atoms with Gasteiger partial charge in [0.05, 0.1) is 11.9 Å². The van der Waals surface area contributed by atoms with Gasteiger partial charge in [-0.25, -0.2) is 4.98 Å². The van der Waals surface area contributed by atoms with E-state index in [2.05, 4.69) is 38.0 Å². The van der Waals surface area contributed by atoms with Gasteiger partial charge in [0, 0.05) is 15.9 Å². The van der Waals surface area contributed by atoms with Gasteiger partial charge < -0.3 is 10.3 Å². The maximum atomic E-state index is 12.7. The zero-order valence-corrected chi connectivity index (χ0v) is 17.8. The van der Waals surface area contributed by atoms with Gasteiger partial charge in [0.1, 0.15) is 10.7 Å². The monoisotopic (exact) mass is 403 g/mol. The molecular formula is C21H26ClN3OS. The molecule has 144 valence electrons. The van der Waals surface area contributed by atoms with E-state index in [1.807, 2.05) is 24.3 Å². The number of fused-ring (bicyclic) bond motifs is 1. The Morgan fingerprint density at radius 3 is 2.63 bits per heavy atom. The number of halogens is 1. The lowest BCUT2D eigenvalue weighted by molar-refractivity contribution is 0.558. The fraction of sp³-hybridized carbons (Fsp3) is 0.429. The number of nitrogens with one attached hydrogen (secondary N) is 2. The highest BCUT2D eigenvalue weighted by Crippen LogP contribution is 2.29. The molecule has 0 bridgehead atoms. The molecule has 0 aliphatic carbocycles. The highest BCUT2D eigenvalue weighted by molar-refractivity contribution is 7.18.